The van der Waals surface area contributed by atoms with Gasteiger partial charge in [-0.05, 0) is 57.9 Å². The van der Waals surface area contributed by atoms with Gasteiger partial charge in [0.25, 0.3) is 0 Å². The first-order valence-corrected chi connectivity index (χ1v) is 12.7. The first kappa shape index (κ1) is 33.4. The maximum absolute atomic E-state index is 14.7. The fraction of sp³-hybridized carbons (Fsp3) is 0.483. The lowest BCUT2D eigenvalue weighted by Crippen LogP contribution is -2.49. The molecule has 0 radical (unpaired) electrons. The molecule has 0 fully saturated rings. The van der Waals surface area contributed by atoms with Gasteiger partial charge in [0, 0.05) is 19.9 Å². The molecule has 0 N–H and O–H groups in total. The van der Waals surface area contributed by atoms with Gasteiger partial charge in [-0.3, -0.25) is 4.90 Å². The normalized spacial score (nSPS) is 13.5. The molecule has 12 heteroatoms. The van der Waals surface area contributed by atoms with Crippen molar-refractivity contribution in [3.8, 4) is 5.75 Å². The second kappa shape index (κ2) is 13.7. The fourth-order valence-electron chi connectivity index (χ4n) is 3.55. The number of benzene rings is 2. The summed E-state index contributed by atoms with van der Waals surface area (Å²) < 4.78 is 72.3. The summed E-state index contributed by atoms with van der Waals surface area (Å²) in [4.78, 5) is 40.0. The van der Waals surface area contributed by atoms with Crippen LogP contribution in [0.2, 0.25) is 0 Å². The summed E-state index contributed by atoms with van der Waals surface area (Å²) >= 11 is 0. The number of carbonyl (C=O) groups is 3. The molecule has 0 spiro atoms. The average molecular weight is 586 g/mol. The molecule has 0 aliphatic carbocycles. The van der Waals surface area contributed by atoms with Crippen molar-refractivity contribution in [2.45, 2.75) is 83.8 Å². The molecule has 41 heavy (non-hydrogen) atoms. The third-order valence-corrected chi connectivity index (χ3v) is 5.42. The molecule has 0 aliphatic rings. The fourth-order valence-corrected chi connectivity index (χ4v) is 3.55. The number of amides is 1. The lowest BCUT2D eigenvalue weighted by molar-refractivity contribution is -0.274. The Morgan fingerprint density at radius 1 is 0.829 bits per heavy atom. The van der Waals surface area contributed by atoms with Gasteiger partial charge in [0.05, 0.1) is 0 Å². The molecule has 2 atom stereocenters. The number of nitrogens with zero attached hydrogens (tertiary/aromatic N) is 1. The van der Waals surface area contributed by atoms with Crippen LogP contribution in [0.25, 0.3) is 0 Å². The van der Waals surface area contributed by atoms with E-state index in [1.54, 1.807) is 51.1 Å². The Labute approximate surface area is 236 Å². The summed E-state index contributed by atoms with van der Waals surface area (Å²) in [6.45, 7) is 7.14. The van der Waals surface area contributed by atoms with E-state index in [0.717, 1.165) is 17.0 Å². The van der Waals surface area contributed by atoms with Crippen LogP contribution in [0.3, 0.4) is 0 Å². The van der Waals surface area contributed by atoms with E-state index in [1.807, 2.05) is 0 Å². The minimum absolute atomic E-state index is 0.148. The molecule has 2 rings (SSSR count). The predicted octanol–water partition coefficient (Wildman–Crippen LogP) is 6.16. The summed E-state index contributed by atoms with van der Waals surface area (Å²) in [6, 6.07) is 11.8. The van der Waals surface area contributed by atoms with Gasteiger partial charge >= 0.3 is 24.4 Å². The van der Waals surface area contributed by atoms with Crippen LogP contribution in [0.4, 0.5) is 22.4 Å². The lowest BCUT2D eigenvalue weighted by atomic mass is 10.00. The van der Waals surface area contributed by atoms with E-state index in [0.29, 0.717) is 11.1 Å². The van der Waals surface area contributed by atoms with Crippen molar-refractivity contribution in [2.24, 2.45) is 0 Å². The predicted molar refractivity (Wildman–Crippen MR) is 141 cm³/mol. The van der Waals surface area contributed by atoms with Gasteiger partial charge in [-0.25, -0.2) is 18.8 Å². The van der Waals surface area contributed by atoms with Crippen molar-refractivity contribution in [1.29, 1.82) is 0 Å². The van der Waals surface area contributed by atoms with E-state index in [-0.39, 0.29) is 13.0 Å². The first-order chi connectivity index (χ1) is 18.8. The highest BCUT2D eigenvalue weighted by Crippen LogP contribution is 2.25. The number of carbonyl (C=O) groups excluding carboxylic acids is 3. The Kier molecular flexibility index (Phi) is 11.1. The van der Waals surface area contributed by atoms with Crippen LogP contribution >= 0.6 is 0 Å². The molecular weight excluding hydrogens is 550 g/mol. The number of likely N-dealkylation sites (N-methyl/N-ethyl adjacent to an activating group) is 1. The number of rotatable bonds is 11. The van der Waals surface area contributed by atoms with Crippen molar-refractivity contribution in [3.63, 3.8) is 0 Å². The highest BCUT2D eigenvalue weighted by molar-refractivity contribution is 5.85. The summed E-state index contributed by atoms with van der Waals surface area (Å²) in [6.07, 6.45) is -8.13. The Bertz CT molecular complexity index is 1160. The SMILES string of the molecule is CN(C(=O)OC(C)(C)C)[C@@H](CC(C)(C)F)C(=O)O[C@H](Cc1ccc(OC(F)(F)F)cc1)C(=O)OCc1ccccc1. The van der Waals surface area contributed by atoms with Gasteiger partial charge in [0.2, 0.25) is 6.10 Å². The average Bonchev–Trinajstić information content (AvgIpc) is 2.84. The first-order valence-electron chi connectivity index (χ1n) is 12.7. The molecule has 2 aromatic carbocycles. The Morgan fingerprint density at radius 3 is 1.93 bits per heavy atom. The minimum Gasteiger partial charge on any atom is -0.458 e. The number of hydrogen-bond donors (Lipinski definition) is 0. The molecule has 0 unspecified atom stereocenters. The van der Waals surface area contributed by atoms with Gasteiger partial charge in [0.1, 0.15) is 29.7 Å². The molecule has 0 bridgehead atoms. The lowest BCUT2D eigenvalue weighted by Gasteiger charge is -2.32. The third-order valence-electron chi connectivity index (χ3n) is 5.42. The topological polar surface area (TPSA) is 91.4 Å². The van der Waals surface area contributed by atoms with Crippen molar-refractivity contribution < 1.29 is 50.9 Å². The van der Waals surface area contributed by atoms with Gasteiger partial charge in [-0.15, -0.1) is 13.2 Å². The number of esters is 2. The Hall–Kier alpha value is -3.83. The summed E-state index contributed by atoms with van der Waals surface area (Å²) in [5.74, 6) is -2.52. The van der Waals surface area contributed by atoms with Crippen LogP contribution in [0.5, 0.6) is 5.75 Å². The molecule has 0 saturated heterocycles. The maximum atomic E-state index is 14.7. The monoisotopic (exact) mass is 585 g/mol. The summed E-state index contributed by atoms with van der Waals surface area (Å²) in [7, 11) is 1.24. The number of hydrogen-bond acceptors (Lipinski definition) is 7. The zero-order valence-electron chi connectivity index (χ0n) is 23.8. The summed E-state index contributed by atoms with van der Waals surface area (Å²) in [5.41, 5.74) is -1.85. The van der Waals surface area contributed by atoms with Crippen molar-refractivity contribution in [3.05, 3.63) is 65.7 Å². The van der Waals surface area contributed by atoms with E-state index in [2.05, 4.69) is 4.74 Å². The molecule has 0 aliphatic heterocycles. The summed E-state index contributed by atoms with van der Waals surface area (Å²) in [5, 5.41) is 0. The molecule has 226 valence electrons. The molecule has 2 aromatic rings. The number of ether oxygens (including phenoxy) is 4. The van der Waals surface area contributed by atoms with Crippen LogP contribution in [0, 0.1) is 0 Å². The van der Waals surface area contributed by atoms with Crippen molar-refractivity contribution in [1.82, 2.24) is 4.90 Å². The highest BCUT2D eigenvalue weighted by atomic mass is 19.4. The van der Waals surface area contributed by atoms with Gasteiger partial charge < -0.3 is 18.9 Å². The zero-order chi connectivity index (χ0) is 31.0. The van der Waals surface area contributed by atoms with Crippen LogP contribution in [-0.4, -0.2) is 59.8 Å². The number of halogens is 4. The smallest absolute Gasteiger partial charge is 0.458 e. The molecule has 0 saturated carbocycles. The van der Waals surface area contributed by atoms with Crippen molar-refractivity contribution in [2.75, 3.05) is 7.05 Å². The second-order valence-corrected chi connectivity index (χ2v) is 10.9. The van der Waals surface area contributed by atoms with E-state index in [1.165, 1.54) is 33.0 Å². The van der Waals surface area contributed by atoms with Crippen molar-refractivity contribution >= 4 is 18.0 Å². The van der Waals surface area contributed by atoms with E-state index in [4.69, 9.17) is 14.2 Å². The van der Waals surface area contributed by atoms with E-state index < -0.39 is 60.0 Å². The minimum atomic E-state index is -4.89. The molecule has 0 aromatic heterocycles. The largest absolute Gasteiger partial charge is 0.573 e. The quantitative estimate of drug-likeness (QED) is 0.177. The van der Waals surface area contributed by atoms with Crippen LogP contribution in [0.1, 0.15) is 52.2 Å². The second-order valence-electron chi connectivity index (χ2n) is 10.9. The van der Waals surface area contributed by atoms with E-state index >= 15 is 0 Å². The van der Waals surface area contributed by atoms with Crippen LogP contribution in [-0.2, 0) is 36.8 Å². The Morgan fingerprint density at radius 2 is 1.41 bits per heavy atom. The molecule has 1 amide bonds. The number of alkyl halides is 4. The highest BCUT2D eigenvalue weighted by Gasteiger charge is 2.38. The molecule has 0 heterocycles. The van der Waals surface area contributed by atoms with Gasteiger partial charge in [0.15, 0.2) is 0 Å². The Balaban J connectivity index is 2.30. The van der Waals surface area contributed by atoms with E-state index in [9.17, 15) is 31.9 Å². The molecule has 8 nitrogen and oxygen atoms in total. The van der Waals surface area contributed by atoms with Gasteiger partial charge in [-0.1, -0.05) is 42.5 Å². The van der Waals surface area contributed by atoms with Crippen LogP contribution in [0.15, 0.2) is 54.6 Å². The van der Waals surface area contributed by atoms with Crippen LogP contribution < -0.4 is 4.74 Å². The molecular formula is C29H35F4NO7. The standard InChI is InChI=1S/C29H35F4NO7/c1-27(2,3)41-26(37)34(6)22(17-28(4,5)30)24(35)39-23(25(36)38-18-20-10-8-7-9-11-20)16-19-12-14-21(15-13-19)40-29(31,32)33/h7-15,22-23H,16-18H2,1-6H3/t22-,23+/m0/s1. The third kappa shape index (κ3) is 12.5. The van der Waals surface area contributed by atoms with Gasteiger partial charge in [-0.2, -0.15) is 0 Å². The zero-order valence-corrected chi connectivity index (χ0v) is 23.8. The maximum Gasteiger partial charge on any atom is 0.573 e.